The van der Waals surface area contributed by atoms with Crippen molar-refractivity contribution in [2.75, 3.05) is 26.8 Å². The number of methoxy groups -OCH3 is 1. The summed E-state index contributed by atoms with van der Waals surface area (Å²) in [5.41, 5.74) is 3.91. The molecule has 1 amide bonds. The van der Waals surface area contributed by atoms with Crippen molar-refractivity contribution in [2.24, 2.45) is 5.92 Å². The summed E-state index contributed by atoms with van der Waals surface area (Å²) in [6.07, 6.45) is 3.57. The number of aryl methyl sites for hydroxylation is 1. The highest BCUT2D eigenvalue weighted by Gasteiger charge is 2.36. The highest BCUT2D eigenvalue weighted by molar-refractivity contribution is 6.02. The normalized spacial score (nSPS) is 15.9. The number of rotatable bonds is 11. The fourth-order valence-electron chi connectivity index (χ4n) is 5.18. The highest BCUT2D eigenvalue weighted by Crippen LogP contribution is 2.43. The minimum absolute atomic E-state index is 0.0240. The molecule has 0 spiro atoms. The molecule has 0 aromatic heterocycles. The number of carbonyl (C=O) groups excluding carboxylic acids is 1. The predicted molar refractivity (Wildman–Crippen MR) is 148 cm³/mol. The second-order valence-corrected chi connectivity index (χ2v) is 10.4. The maximum Gasteiger partial charge on any atom is 0.249 e. The zero-order valence-corrected chi connectivity index (χ0v) is 22.7. The Morgan fingerprint density at radius 1 is 1.00 bits per heavy atom. The SMILES string of the molecule is COc1ccc(F)c(C(NC(=O)C2=C(c3ccc(CCCOc4c(F)ccc(F)c4F)cc3)CCNC2)C2CC2)c1. The summed E-state index contributed by atoms with van der Waals surface area (Å²) in [6, 6.07) is 13.5. The smallest absolute Gasteiger partial charge is 0.249 e. The first-order chi connectivity index (χ1) is 19.9. The van der Waals surface area contributed by atoms with Crippen molar-refractivity contribution in [1.29, 1.82) is 0 Å². The minimum atomic E-state index is -1.33. The van der Waals surface area contributed by atoms with E-state index in [2.05, 4.69) is 10.6 Å². The van der Waals surface area contributed by atoms with Gasteiger partial charge in [0.25, 0.3) is 0 Å². The molecule has 1 unspecified atom stereocenters. The van der Waals surface area contributed by atoms with Crippen LogP contribution in [-0.2, 0) is 11.2 Å². The van der Waals surface area contributed by atoms with Crippen molar-refractivity contribution in [2.45, 2.75) is 38.1 Å². The van der Waals surface area contributed by atoms with Crippen LogP contribution in [0.1, 0.15) is 48.4 Å². The van der Waals surface area contributed by atoms with Gasteiger partial charge in [0, 0.05) is 17.7 Å². The van der Waals surface area contributed by atoms with Crippen molar-refractivity contribution >= 4 is 11.5 Å². The van der Waals surface area contributed by atoms with Crippen LogP contribution in [0.5, 0.6) is 11.5 Å². The lowest BCUT2D eigenvalue weighted by molar-refractivity contribution is -0.118. The van der Waals surface area contributed by atoms with Gasteiger partial charge in [0.1, 0.15) is 11.6 Å². The Morgan fingerprint density at radius 2 is 1.73 bits per heavy atom. The summed E-state index contributed by atoms with van der Waals surface area (Å²) in [5.74, 6) is -4.01. The summed E-state index contributed by atoms with van der Waals surface area (Å²) in [6.45, 7) is 1.16. The van der Waals surface area contributed by atoms with Gasteiger partial charge in [-0.1, -0.05) is 24.3 Å². The molecule has 1 atom stereocenters. The van der Waals surface area contributed by atoms with Crippen LogP contribution in [0.15, 0.2) is 60.2 Å². The van der Waals surface area contributed by atoms with Gasteiger partial charge in [-0.05, 0) is 91.6 Å². The second kappa shape index (κ2) is 12.8. The number of nitrogens with one attached hydrogen (secondary N) is 2. The van der Waals surface area contributed by atoms with E-state index in [1.807, 2.05) is 24.3 Å². The molecule has 1 aliphatic heterocycles. The zero-order chi connectivity index (χ0) is 28.9. The molecule has 5 nitrogen and oxygen atoms in total. The third-order valence-electron chi connectivity index (χ3n) is 7.57. The molecule has 0 radical (unpaired) electrons. The van der Waals surface area contributed by atoms with E-state index in [0.717, 1.165) is 48.2 Å². The van der Waals surface area contributed by atoms with E-state index in [4.69, 9.17) is 9.47 Å². The molecule has 2 aliphatic rings. The van der Waals surface area contributed by atoms with Crippen LogP contribution in [0.2, 0.25) is 0 Å². The van der Waals surface area contributed by atoms with E-state index >= 15 is 0 Å². The van der Waals surface area contributed by atoms with E-state index in [1.165, 1.54) is 13.2 Å². The van der Waals surface area contributed by atoms with Gasteiger partial charge in [-0.15, -0.1) is 0 Å². The van der Waals surface area contributed by atoms with E-state index in [0.29, 0.717) is 42.7 Å². The Bertz CT molecular complexity index is 1440. The molecule has 41 heavy (non-hydrogen) atoms. The van der Waals surface area contributed by atoms with Crippen molar-refractivity contribution in [3.05, 3.63) is 100 Å². The van der Waals surface area contributed by atoms with Crippen molar-refractivity contribution in [3.8, 4) is 11.5 Å². The van der Waals surface area contributed by atoms with E-state index in [9.17, 15) is 22.4 Å². The van der Waals surface area contributed by atoms with Crippen LogP contribution < -0.4 is 20.1 Å². The number of carbonyl (C=O) groups is 1. The molecule has 1 fully saturated rings. The first kappa shape index (κ1) is 28.7. The fourth-order valence-corrected chi connectivity index (χ4v) is 5.18. The van der Waals surface area contributed by atoms with Crippen LogP contribution in [-0.4, -0.2) is 32.7 Å². The largest absolute Gasteiger partial charge is 0.497 e. The zero-order valence-electron chi connectivity index (χ0n) is 22.7. The Labute approximate surface area is 236 Å². The third-order valence-corrected chi connectivity index (χ3v) is 7.57. The van der Waals surface area contributed by atoms with E-state index in [1.54, 1.807) is 12.1 Å². The van der Waals surface area contributed by atoms with Crippen molar-refractivity contribution in [1.82, 2.24) is 10.6 Å². The van der Waals surface area contributed by atoms with E-state index in [-0.39, 0.29) is 24.2 Å². The number of benzene rings is 3. The van der Waals surface area contributed by atoms with Crippen LogP contribution in [0.4, 0.5) is 17.6 Å². The molecule has 1 heterocycles. The molecule has 9 heteroatoms. The summed E-state index contributed by atoms with van der Waals surface area (Å²) in [7, 11) is 1.53. The van der Waals surface area contributed by atoms with Gasteiger partial charge in [-0.3, -0.25) is 4.79 Å². The quantitative estimate of drug-likeness (QED) is 0.163. The lowest BCUT2D eigenvalue weighted by Crippen LogP contribution is -2.37. The number of hydrogen-bond donors (Lipinski definition) is 2. The maximum absolute atomic E-state index is 14.8. The summed E-state index contributed by atoms with van der Waals surface area (Å²) in [5, 5.41) is 6.37. The summed E-state index contributed by atoms with van der Waals surface area (Å²) in [4.78, 5) is 13.5. The van der Waals surface area contributed by atoms with Gasteiger partial charge in [-0.2, -0.15) is 4.39 Å². The first-order valence-corrected chi connectivity index (χ1v) is 13.8. The molecule has 5 rings (SSSR count). The Hall–Kier alpha value is -3.85. The van der Waals surface area contributed by atoms with Gasteiger partial charge >= 0.3 is 0 Å². The predicted octanol–water partition coefficient (Wildman–Crippen LogP) is 6.28. The Balaban J connectivity index is 1.25. The van der Waals surface area contributed by atoms with Gasteiger partial charge in [0.05, 0.1) is 19.8 Å². The average molecular weight is 569 g/mol. The molecule has 1 aliphatic carbocycles. The minimum Gasteiger partial charge on any atom is -0.497 e. The molecular weight excluding hydrogens is 536 g/mol. The van der Waals surface area contributed by atoms with Crippen LogP contribution in [0.3, 0.4) is 0 Å². The highest BCUT2D eigenvalue weighted by atomic mass is 19.2. The molecule has 0 saturated heterocycles. The van der Waals surface area contributed by atoms with Crippen LogP contribution in [0, 0.1) is 29.2 Å². The molecule has 2 N–H and O–H groups in total. The van der Waals surface area contributed by atoms with Crippen molar-refractivity contribution < 1.29 is 31.8 Å². The first-order valence-electron chi connectivity index (χ1n) is 13.8. The van der Waals surface area contributed by atoms with Crippen LogP contribution in [0.25, 0.3) is 5.57 Å². The monoisotopic (exact) mass is 568 g/mol. The Morgan fingerprint density at radius 3 is 2.46 bits per heavy atom. The van der Waals surface area contributed by atoms with E-state index < -0.39 is 29.2 Å². The number of amides is 1. The van der Waals surface area contributed by atoms with Crippen LogP contribution >= 0.6 is 0 Å². The second-order valence-electron chi connectivity index (χ2n) is 10.4. The van der Waals surface area contributed by atoms with Gasteiger partial charge < -0.3 is 20.1 Å². The summed E-state index contributed by atoms with van der Waals surface area (Å²) >= 11 is 0. The fraction of sp³-hybridized carbons (Fsp3) is 0.344. The molecule has 216 valence electrons. The third kappa shape index (κ3) is 6.73. The summed E-state index contributed by atoms with van der Waals surface area (Å²) < 4.78 is 66.1. The van der Waals surface area contributed by atoms with Gasteiger partial charge in [0.2, 0.25) is 11.7 Å². The number of ether oxygens (including phenoxy) is 2. The average Bonchev–Trinajstić information content (AvgIpc) is 3.84. The number of halogens is 4. The molecular formula is C32H32F4N2O3. The molecule has 1 saturated carbocycles. The molecule has 3 aromatic carbocycles. The van der Waals surface area contributed by atoms with Crippen molar-refractivity contribution in [3.63, 3.8) is 0 Å². The van der Waals surface area contributed by atoms with Gasteiger partial charge in [-0.25, -0.2) is 13.2 Å². The van der Waals surface area contributed by atoms with Gasteiger partial charge in [0.15, 0.2) is 17.4 Å². The Kier molecular flexibility index (Phi) is 8.93. The lowest BCUT2D eigenvalue weighted by atomic mass is 9.92. The lowest BCUT2D eigenvalue weighted by Gasteiger charge is -2.25. The molecule has 3 aromatic rings. The standard InChI is InChI=1S/C32H32F4N2O3/c1-40-22-10-11-26(33)24(17-22)30(21-8-9-21)38-32(39)25-18-37-15-14-23(25)20-6-4-19(5-7-20)3-2-16-41-31-28(35)13-12-27(34)29(31)36/h4-7,10-13,17,21,30,37H,2-3,8-9,14-16,18H2,1H3,(H,38,39). The number of hydrogen-bond acceptors (Lipinski definition) is 4. The molecule has 0 bridgehead atoms. The maximum atomic E-state index is 14.8. The topological polar surface area (TPSA) is 59.6 Å².